The lowest BCUT2D eigenvalue weighted by Crippen LogP contribution is -2.35. The highest BCUT2D eigenvalue weighted by atomic mass is 32.2. The standard InChI is InChI=1S/C18H19NO3S/c1-13-8-10-16(11-9-13)23-18(22-14(2)20)17(21)19-12-15-6-4-3-5-7-15/h3-11,18H,12H2,1-2H3,(H,19,21)/t18-/m1/s1. The third-order valence-electron chi connectivity index (χ3n) is 3.06. The normalized spacial score (nSPS) is 11.6. The van der Waals surface area contributed by atoms with E-state index in [0.29, 0.717) is 6.54 Å². The van der Waals surface area contributed by atoms with Crippen LogP contribution in [0.2, 0.25) is 0 Å². The maximum Gasteiger partial charge on any atom is 0.304 e. The van der Waals surface area contributed by atoms with Crippen LogP contribution in [0.1, 0.15) is 18.1 Å². The highest BCUT2D eigenvalue weighted by Crippen LogP contribution is 2.25. The summed E-state index contributed by atoms with van der Waals surface area (Å²) >= 11 is 1.21. The van der Waals surface area contributed by atoms with Crippen LogP contribution < -0.4 is 5.32 Å². The third-order valence-corrected chi connectivity index (χ3v) is 4.13. The lowest BCUT2D eigenvalue weighted by atomic mass is 10.2. The van der Waals surface area contributed by atoms with Gasteiger partial charge in [0.25, 0.3) is 5.91 Å². The van der Waals surface area contributed by atoms with Crippen LogP contribution in [-0.2, 0) is 20.9 Å². The molecule has 1 amide bonds. The topological polar surface area (TPSA) is 55.4 Å². The molecule has 1 N–H and O–H groups in total. The Morgan fingerprint density at radius 2 is 1.74 bits per heavy atom. The average molecular weight is 329 g/mol. The molecule has 120 valence electrons. The van der Waals surface area contributed by atoms with Crippen molar-refractivity contribution in [1.82, 2.24) is 5.32 Å². The zero-order valence-corrected chi connectivity index (χ0v) is 13.9. The van der Waals surface area contributed by atoms with E-state index in [0.717, 1.165) is 16.0 Å². The predicted octanol–water partition coefficient (Wildman–Crippen LogP) is 3.29. The van der Waals surface area contributed by atoms with Crippen LogP contribution in [0, 0.1) is 6.92 Å². The van der Waals surface area contributed by atoms with Gasteiger partial charge in [-0.1, -0.05) is 59.8 Å². The number of hydrogen-bond acceptors (Lipinski definition) is 4. The first-order chi connectivity index (χ1) is 11.0. The monoisotopic (exact) mass is 329 g/mol. The average Bonchev–Trinajstić information content (AvgIpc) is 2.54. The molecule has 1 atom stereocenters. The maximum atomic E-state index is 12.3. The highest BCUT2D eigenvalue weighted by molar-refractivity contribution is 8.00. The summed E-state index contributed by atoms with van der Waals surface area (Å²) in [5.74, 6) is -0.806. The summed E-state index contributed by atoms with van der Waals surface area (Å²) in [6.45, 7) is 3.68. The van der Waals surface area contributed by atoms with E-state index in [-0.39, 0.29) is 5.91 Å². The van der Waals surface area contributed by atoms with Gasteiger partial charge < -0.3 is 10.1 Å². The summed E-state index contributed by atoms with van der Waals surface area (Å²) < 4.78 is 5.15. The number of thioether (sulfide) groups is 1. The fourth-order valence-electron chi connectivity index (χ4n) is 1.89. The van der Waals surface area contributed by atoms with Crippen molar-refractivity contribution in [3.63, 3.8) is 0 Å². The van der Waals surface area contributed by atoms with Crippen molar-refractivity contribution >= 4 is 23.6 Å². The molecule has 0 saturated carbocycles. The Labute approximate surface area is 140 Å². The van der Waals surface area contributed by atoms with E-state index in [4.69, 9.17) is 4.74 Å². The Balaban J connectivity index is 2.00. The summed E-state index contributed by atoms with van der Waals surface area (Å²) in [6.07, 6.45) is 0. The molecule has 0 heterocycles. The second-order valence-electron chi connectivity index (χ2n) is 5.08. The van der Waals surface area contributed by atoms with Crippen LogP contribution in [0.3, 0.4) is 0 Å². The number of aryl methyl sites for hydroxylation is 1. The second-order valence-corrected chi connectivity index (χ2v) is 6.21. The van der Waals surface area contributed by atoms with Gasteiger partial charge in [0.1, 0.15) is 0 Å². The predicted molar refractivity (Wildman–Crippen MR) is 90.9 cm³/mol. The Bertz CT molecular complexity index is 656. The summed E-state index contributed by atoms with van der Waals surface area (Å²) in [4.78, 5) is 24.4. The number of benzene rings is 2. The number of nitrogens with one attached hydrogen (secondary N) is 1. The summed E-state index contributed by atoms with van der Waals surface area (Å²) in [6, 6.07) is 17.3. The Hall–Kier alpha value is -2.27. The zero-order valence-electron chi connectivity index (χ0n) is 13.1. The lowest BCUT2D eigenvalue weighted by molar-refractivity contribution is -0.148. The number of carbonyl (C=O) groups excluding carboxylic acids is 2. The van der Waals surface area contributed by atoms with Gasteiger partial charge in [-0.25, -0.2) is 0 Å². The minimum atomic E-state index is -0.904. The van der Waals surface area contributed by atoms with Crippen LogP contribution in [0.25, 0.3) is 0 Å². The first-order valence-corrected chi connectivity index (χ1v) is 8.15. The smallest absolute Gasteiger partial charge is 0.304 e. The van der Waals surface area contributed by atoms with Crippen molar-refractivity contribution in [3.05, 3.63) is 65.7 Å². The van der Waals surface area contributed by atoms with Gasteiger partial charge in [0.2, 0.25) is 5.44 Å². The molecule has 5 heteroatoms. The molecule has 0 saturated heterocycles. The number of amides is 1. The van der Waals surface area contributed by atoms with Crippen LogP contribution in [0.15, 0.2) is 59.5 Å². The van der Waals surface area contributed by atoms with Crippen LogP contribution in [0.4, 0.5) is 0 Å². The number of carbonyl (C=O) groups is 2. The molecule has 0 aromatic heterocycles. The van der Waals surface area contributed by atoms with Crippen molar-refractivity contribution in [2.75, 3.05) is 0 Å². The third kappa shape index (κ3) is 5.79. The van der Waals surface area contributed by atoms with E-state index < -0.39 is 11.4 Å². The molecule has 2 rings (SSSR count). The SMILES string of the molecule is CC(=O)O[C@H](Sc1ccc(C)cc1)C(=O)NCc1ccccc1. The van der Waals surface area contributed by atoms with Gasteiger partial charge in [0, 0.05) is 18.4 Å². The number of ether oxygens (including phenoxy) is 1. The Kier molecular flexibility index (Phi) is 6.23. The largest absolute Gasteiger partial charge is 0.441 e. The van der Waals surface area contributed by atoms with Crippen molar-refractivity contribution in [1.29, 1.82) is 0 Å². The lowest BCUT2D eigenvalue weighted by Gasteiger charge is -2.16. The van der Waals surface area contributed by atoms with Crippen LogP contribution >= 0.6 is 11.8 Å². The molecule has 0 aliphatic carbocycles. The number of hydrogen-bond donors (Lipinski definition) is 1. The minimum absolute atomic E-state index is 0.324. The quantitative estimate of drug-likeness (QED) is 0.502. The zero-order chi connectivity index (χ0) is 16.7. The molecule has 4 nitrogen and oxygen atoms in total. The van der Waals surface area contributed by atoms with Gasteiger partial charge in [0.05, 0.1) is 0 Å². The molecule has 0 unspecified atom stereocenters. The van der Waals surface area contributed by atoms with Gasteiger partial charge in [-0.05, 0) is 24.6 Å². The first-order valence-electron chi connectivity index (χ1n) is 7.27. The second kappa shape index (κ2) is 8.39. The van der Waals surface area contributed by atoms with E-state index in [2.05, 4.69) is 5.32 Å². The summed E-state index contributed by atoms with van der Waals surface area (Å²) in [5.41, 5.74) is 1.22. The van der Waals surface area contributed by atoms with E-state index in [9.17, 15) is 9.59 Å². The Morgan fingerprint density at radius 1 is 1.09 bits per heavy atom. The van der Waals surface area contributed by atoms with Crippen molar-refractivity contribution in [2.24, 2.45) is 0 Å². The summed E-state index contributed by atoms with van der Waals surface area (Å²) in [5, 5.41) is 2.80. The molecule has 0 radical (unpaired) electrons. The maximum absolute atomic E-state index is 12.3. The molecule has 0 spiro atoms. The molecule has 0 aliphatic heterocycles. The molecular formula is C18H19NO3S. The fourth-order valence-corrected chi connectivity index (χ4v) is 2.81. The van der Waals surface area contributed by atoms with Crippen LogP contribution in [-0.4, -0.2) is 17.3 Å². The number of rotatable bonds is 6. The van der Waals surface area contributed by atoms with Crippen molar-refractivity contribution in [2.45, 2.75) is 30.7 Å². The van der Waals surface area contributed by atoms with E-state index in [1.165, 1.54) is 18.7 Å². The van der Waals surface area contributed by atoms with Crippen molar-refractivity contribution < 1.29 is 14.3 Å². The molecule has 0 fully saturated rings. The molecule has 2 aromatic carbocycles. The fraction of sp³-hybridized carbons (Fsp3) is 0.222. The number of esters is 1. The molecule has 2 aromatic rings. The van der Waals surface area contributed by atoms with Gasteiger partial charge in [-0.3, -0.25) is 9.59 Å². The van der Waals surface area contributed by atoms with Crippen LogP contribution in [0.5, 0.6) is 0 Å². The highest BCUT2D eigenvalue weighted by Gasteiger charge is 2.22. The molecule has 0 bridgehead atoms. The molecular weight excluding hydrogens is 310 g/mol. The van der Waals surface area contributed by atoms with Gasteiger partial charge in [0.15, 0.2) is 0 Å². The van der Waals surface area contributed by atoms with Gasteiger partial charge in [-0.2, -0.15) is 0 Å². The summed E-state index contributed by atoms with van der Waals surface area (Å²) in [7, 11) is 0. The van der Waals surface area contributed by atoms with Crippen molar-refractivity contribution in [3.8, 4) is 0 Å². The molecule has 0 aliphatic rings. The first kappa shape index (κ1) is 17.1. The van der Waals surface area contributed by atoms with E-state index >= 15 is 0 Å². The Morgan fingerprint density at radius 3 is 2.35 bits per heavy atom. The van der Waals surface area contributed by atoms with Gasteiger partial charge in [-0.15, -0.1) is 0 Å². The van der Waals surface area contributed by atoms with E-state index in [1.807, 2.05) is 61.5 Å². The van der Waals surface area contributed by atoms with E-state index in [1.54, 1.807) is 0 Å². The molecule has 23 heavy (non-hydrogen) atoms. The minimum Gasteiger partial charge on any atom is -0.441 e. The van der Waals surface area contributed by atoms with Gasteiger partial charge >= 0.3 is 5.97 Å².